The molecule has 1 aliphatic rings. The van der Waals surface area contributed by atoms with Gasteiger partial charge in [-0.2, -0.15) is 0 Å². The molecule has 0 aliphatic carbocycles. The zero-order chi connectivity index (χ0) is 17.9. The molecule has 1 aromatic carbocycles. The van der Waals surface area contributed by atoms with E-state index in [0.29, 0.717) is 12.1 Å². The van der Waals surface area contributed by atoms with Crippen LogP contribution < -0.4 is 15.3 Å². The smallest absolute Gasteiger partial charge is 0.336 e. The molecule has 7 heteroatoms. The van der Waals surface area contributed by atoms with E-state index in [2.05, 4.69) is 19.8 Å². The molecule has 26 heavy (non-hydrogen) atoms. The lowest BCUT2D eigenvalue weighted by atomic mass is 10.1. The van der Waals surface area contributed by atoms with E-state index in [-0.39, 0.29) is 5.63 Å². The average Bonchev–Trinajstić information content (AvgIpc) is 2.69. The fourth-order valence-electron chi connectivity index (χ4n) is 3.27. The number of hydrogen-bond acceptors (Lipinski definition) is 7. The third kappa shape index (κ3) is 3.39. The van der Waals surface area contributed by atoms with Crippen molar-refractivity contribution in [3.63, 3.8) is 0 Å². The van der Waals surface area contributed by atoms with E-state index in [4.69, 9.17) is 9.15 Å². The molecule has 2 aromatic heterocycles. The maximum absolute atomic E-state index is 11.9. The van der Waals surface area contributed by atoms with Crippen LogP contribution in [0.3, 0.4) is 0 Å². The number of hydrogen-bond donors (Lipinski definition) is 0. The van der Waals surface area contributed by atoms with E-state index in [1.54, 1.807) is 37.7 Å². The topological polar surface area (TPSA) is 71.7 Å². The van der Waals surface area contributed by atoms with E-state index >= 15 is 0 Å². The highest BCUT2D eigenvalue weighted by atomic mass is 16.5. The van der Waals surface area contributed by atoms with Crippen LogP contribution in [0.15, 0.2) is 51.9 Å². The maximum atomic E-state index is 11.9. The molecular weight excluding hydrogens is 332 g/mol. The Hall–Kier alpha value is -2.93. The fraction of sp³-hybridized carbons (Fsp3) is 0.316. The predicted molar refractivity (Wildman–Crippen MR) is 98.6 cm³/mol. The Morgan fingerprint density at radius 3 is 2.62 bits per heavy atom. The molecule has 134 valence electrons. The Kier molecular flexibility index (Phi) is 4.53. The number of rotatable bonds is 4. The van der Waals surface area contributed by atoms with Gasteiger partial charge in [-0.15, -0.1) is 0 Å². The Morgan fingerprint density at radius 2 is 1.88 bits per heavy atom. The Bertz CT molecular complexity index is 950. The van der Waals surface area contributed by atoms with Gasteiger partial charge in [0.2, 0.25) is 5.95 Å². The predicted octanol–water partition coefficient (Wildman–Crippen LogP) is 1.91. The number of anilines is 1. The van der Waals surface area contributed by atoms with Crippen molar-refractivity contribution in [2.75, 3.05) is 38.2 Å². The number of ether oxygens (including phenoxy) is 1. The summed E-state index contributed by atoms with van der Waals surface area (Å²) < 4.78 is 10.6. The lowest BCUT2D eigenvalue weighted by Crippen LogP contribution is -2.46. The Labute approximate surface area is 150 Å². The second-order valence-electron chi connectivity index (χ2n) is 6.26. The molecule has 7 nitrogen and oxygen atoms in total. The number of aromatic nitrogens is 2. The Balaban J connectivity index is 1.52. The van der Waals surface area contributed by atoms with Gasteiger partial charge in [0.05, 0.1) is 7.11 Å². The first-order valence-corrected chi connectivity index (χ1v) is 8.58. The maximum Gasteiger partial charge on any atom is 0.336 e. The number of nitrogens with zero attached hydrogens (tertiary/aromatic N) is 4. The fourth-order valence-corrected chi connectivity index (χ4v) is 3.27. The molecular formula is C19H20N4O3. The highest BCUT2D eigenvalue weighted by molar-refractivity contribution is 5.81. The van der Waals surface area contributed by atoms with Crippen molar-refractivity contribution in [1.29, 1.82) is 0 Å². The van der Waals surface area contributed by atoms with Crippen molar-refractivity contribution in [2.24, 2.45) is 0 Å². The first kappa shape index (κ1) is 16.5. The summed E-state index contributed by atoms with van der Waals surface area (Å²) in [4.78, 5) is 25.0. The van der Waals surface area contributed by atoms with Crippen LogP contribution in [0.4, 0.5) is 5.95 Å². The summed E-state index contributed by atoms with van der Waals surface area (Å²) in [5.41, 5.74) is 1.22. The summed E-state index contributed by atoms with van der Waals surface area (Å²) in [5, 5.41) is 0.915. The van der Waals surface area contributed by atoms with Gasteiger partial charge in [0.15, 0.2) is 0 Å². The largest absolute Gasteiger partial charge is 0.497 e. The van der Waals surface area contributed by atoms with Gasteiger partial charge in [-0.1, -0.05) is 0 Å². The standard InChI is InChI=1S/C19H20N4O3/c1-25-15-3-4-17-16(12-15)14(11-18(24)26-17)13-22-7-9-23(10-8-22)19-20-5-2-6-21-19/h2-6,11-12H,7-10,13H2,1H3. The van der Waals surface area contributed by atoms with Crippen molar-refractivity contribution < 1.29 is 9.15 Å². The van der Waals surface area contributed by atoms with Crippen LogP contribution in [-0.4, -0.2) is 48.2 Å². The highest BCUT2D eigenvalue weighted by Gasteiger charge is 2.20. The third-order valence-corrected chi connectivity index (χ3v) is 4.64. The molecule has 0 unspecified atom stereocenters. The van der Waals surface area contributed by atoms with Gasteiger partial charge in [0.1, 0.15) is 11.3 Å². The van der Waals surface area contributed by atoms with Crippen molar-refractivity contribution in [2.45, 2.75) is 6.54 Å². The van der Waals surface area contributed by atoms with Crippen LogP contribution in [0.25, 0.3) is 11.0 Å². The highest BCUT2D eigenvalue weighted by Crippen LogP contribution is 2.24. The Morgan fingerprint density at radius 1 is 1.12 bits per heavy atom. The lowest BCUT2D eigenvalue weighted by molar-refractivity contribution is 0.249. The molecule has 0 atom stereocenters. The van der Waals surface area contributed by atoms with Gasteiger partial charge >= 0.3 is 5.63 Å². The first-order chi connectivity index (χ1) is 12.7. The monoisotopic (exact) mass is 352 g/mol. The molecule has 1 aliphatic heterocycles. The molecule has 3 aromatic rings. The summed E-state index contributed by atoms with van der Waals surface area (Å²) in [6.07, 6.45) is 3.52. The zero-order valence-electron chi connectivity index (χ0n) is 14.6. The quantitative estimate of drug-likeness (QED) is 0.664. The van der Waals surface area contributed by atoms with Gasteiger partial charge < -0.3 is 14.1 Å². The molecule has 0 saturated carbocycles. The van der Waals surface area contributed by atoms with Crippen LogP contribution in [-0.2, 0) is 6.54 Å². The van der Waals surface area contributed by atoms with Crippen molar-refractivity contribution >= 4 is 16.9 Å². The molecule has 4 rings (SSSR count). The molecule has 1 saturated heterocycles. The molecule has 1 fully saturated rings. The minimum atomic E-state index is -0.325. The van der Waals surface area contributed by atoms with E-state index in [9.17, 15) is 4.79 Å². The van der Waals surface area contributed by atoms with Crippen LogP contribution in [0.5, 0.6) is 5.75 Å². The molecule has 0 N–H and O–H groups in total. The van der Waals surface area contributed by atoms with Gasteiger partial charge in [0.25, 0.3) is 0 Å². The number of fused-ring (bicyclic) bond motifs is 1. The second kappa shape index (κ2) is 7.13. The minimum Gasteiger partial charge on any atom is -0.497 e. The normalized spacial score (nSPS) is 15.3. The summed E-state index contributed by atoms with van der Waals surface area (Å²) in [6.45, 7) is 4.16. The summed E-state index contributed by atoms with van der Waals surface area (Å²) in [6, 6.07) is 8.90. The lowest BCUT2D eigenvalue weighted by Gasteiger charge is -2.34. The summed E-state index contributed by atoms with van der Waals surface area (Å²) in [5.74, 6) is 1.52. The summed E-state index contributed by atoms with van der Waals surface area (Å²) in [7, 11) is 1.63. The summed E-state index contributed by atoms with van der Waals surface area (Å²) >= 11 is 0. The van der Waals surface area contributed by atoms with Crippen LogP contribution in [0.2, 0.25) is 0 Å². The van der Waals surface area contributed by atoms with Gasteiger partial charge in [-0.25, -0.2) is 14.8 Å². The van der Waals surface area contributed by atoms with Crippen LogP contribution in [0.1, 0.15) is 5.56 Å². The van der Waals surface area contributed by atoms with E-state index < -0.39 is 0 Å². The third-order valence-electron chi connectivity index (χ3n) is 4.64. The molecule has 0 amide bonds. The van der Waals surface area contributed by atoms with Crippen molar-refractivity contribution in [3.8, 4) is 5.75 Å². The van der Waals surface area contributed by atoms with E-state index in [1.165, 1.54) is 0 Å². The molecule has 3 heterocycles. The van der Waals surface area contributed by atoms with Gasteiger partial charge in [0, 0.05) is 56.6 Å². The number of methoxy groups -OCH3 is 1. The first-order valence-electron chi connectivity index (χ1n) is 8.58. The number of piperazine rings is 1. The minimum absolute atomic E-state index is 0.325. The molecule has 0 radical (unpaired) electrons. The SMILES string of the molecule is COc1ccc2oc(=O)cc(CN3CCN(c4ncccn4)CC3)c2c1. The molecule has 0 bridgehead atoms. The molecule has 0 spiro atoms. The van der Waals surface area contributed by atoms with E-state index in [1.807, 2.05) is 12.1 Å². The van der Waals surface area contributed by atoms with E-state index in [0.717, 1.165) is 48.8 Å². The van der Waals surface area contributed by atoms with Crippen LogP contribution in [0, 0.1) is 0 Å². The second-order valence-corrected chi connectivity index (χ2v) is 6.26. The number of benzene rings is 1. The van der Waals surface area contributed by atoms with Crippen molar-refractivity contribution in [3.05, 3.63) is 58.7 Å². The van der Waals surface area contributed by atoms with Crippen LogP contribution >= 0.6 is 0 Å². The average molecular weight is 352 g/mol. The zero-order valence-corrected chi connectivity index (χ0v) is 14.6. The van der Waals surface area contributed by atoms with Gasteiger partial charge in [-0.3, -0.25) is 4.90 Å². The van der Waals surface area contributed by atoms with Gasteiger partial charge in [-0.05, 0) is 29.8 Å². The van der Waals surface area contributed by atoms with Crippen molar-refractivity contribution in [1.82, 2.24) is 14.9 Å².